The van der Waals surface area contributed by atoms with Gasteiger partial charge in [0.25, 0.3) is 11.8 Å². The average Bonchev–Trinajstić information content (AvgIpc) is 3.21. The number of nitrogens with zero attached hydrogens (tertiary/aromatic N) is 3. The molecule has 2 aliphatic heterocycles. The SMILES string of the molecule is Cc1oncc1C(=O)N1C[C@@H](Oc2ncccc2F)[C@H]2OCCC[C@H]21. The summed E-state index contributed by atoms with van der Waals surface area (Å²) >= 11 is 0. The van der Waals surface area contributed by atoms with Crippen molar-refractivity contribution in [3.05, 3.63) is 41.7 Å². The van der Waals surface area contributed by atoms with E-state index in [0.717, 1.165) is 12.8 Å². The van der Waals surface area contributed by atoms with Crippen LogP contribution in [0.5, 0.6) is 5.88 Å². The minimum Gasteiger partial charge on any atom is -0.468 e. The minimum atomic E-state index is -0.533. The summed E-state index contributed by atoms with van der Waals surface area (Å²) in [4.78, 5) is 18.5. The fourth-order valence-electron chi connectivity index (χ4n) is 3.51. The van der Waals surface area contributed by atoms with Gasteiger partial charge in [-0.05, 0) is 31.9 Å². The molecule has 3 atom stereocenters. The Kier molecular flexibility index (Phi) is 4.12. The first-order valence-electron chi connectivity index (χ1n) is 8.26. The van der Waals surface area contributed by atoms with Gasteiger partial charge in [0, 0.05) is 12.8 Å². The summed E-state index contributed by atoms with van der Waals surface area (Å²) < 4.78 is 30.5. The molecule has 2 aromatic rings. The van der Waals surface area contributed by atoms with Crippen LogP contribution < -0.4 is 4.74 Å². The van der Waals surface area contributed by atoms with Crippen molar-refractivity contribution in [1.29, 1.82) is 0 Å². The van der Waals surface area contributed by atoms with Crippen LogP contribution >= 0.6 is 0 Å². The van der Waals surface area contributed by atoms with Crippen LogP contribution in [0.3, 0.4) is 0 Å². The molecule has 0 spiro atoms. The molecule has 0 radical (unpaired) electrons. The summed E-state index contributed by atoms with van der Waals surface area (Å²) in [6.07, 6.45) is 3.78. The Balaban J connectivity index is 1.59. The van der Waals surface area contributed by atoms with Crippen LogP contribution in [0.15, 0.2) is 29.0 Å². The lowest BCUT2D eigenvalue weighted by atomic mass is 10.0. The lowest BCUT2D eigenvalue weighted by molar-refractivity contribution is -0.0462. The van der Waals surface area contributed by atoms with Crippen molar-refractivity contribution >= 4 is 5.91 Å². The Morgan fingerprint density at radius 1 is 1.48 bits per heavy atom. The van der Waals surface area contributed by atoms with Crippen molar-refractivity contribution in [3.8, 4) is 5.88 Å². The molecule has 132 valence electrons. The number of hydrogen-bond acceptors (Lipinski definition) is 6. The van der Waals surface area contributed by atoms with E-state index in [2.05, 4.69) is 10.1 Å². The molecule has 25 heavy (non-hydrogen) atoms. The van der Waals surface area contributed by atoms with Crippen LogP contribution in [0, 0.1) is 12.7 Å². The molecule has 0 aliphatic carbocycles. The Morgan fingerprint density at radius 2 is 2.36 bits per heavy atom. The maximum absolute atomic E-state index is 13.9. The molecule has 2 aliphatic rings. The van der Waals surface area contributed by atoms with E-state index in [-0.39, 0.29) is 23.9 Å². The second-order valence-corrected chi connectivity index (χ2v) is 6.24. The highest BCUT2D eigenvalue weighted by Gasteiger charge is 2.48. The summed E-state index contributed by atoms with van der Waals surface area (Å²) in [5.74, 6) is -0.310. The number of carbonyl (C=O) groups excluding carboxylic acids is 1. The largest absolute Gasteiger partial charge is 0.468 e. The molecule has 1 amide bonds. The lowest BCUT2D eigenvalue weighted by Gasteiger charge is -2.31. The van der Waals surface area contributed by atoms with Gasteiger partial charge in [-0.25, -0.2) is 9.37 Å². The van der Waals surface area contributed by atoms with E-state index >= 15 is 0 Å². The summed E-state index contributed by atoms with van der Waals surface area (Å²) in [5.41, 5.74) is 0.425. The zero-order chi connectivity index (χ0) is 17.4. The van der Waals surface area contributed by atoms with Crippen molar-refractivity contribution in [1.82, 2.24) is 15.0 Å². The average molecular weight is 347 g/mol. The lowest BCUT2D eigenvalue weighted by Crippen LogP contribution is -2.44. The van der Waals surface area contributed by atoms with Gasteiger partial charge in [-0.15, -0.1) is 0 Å². The molecule has 0 unspecified atom stereocenters. The van der Waals surface area contributed by atoms with Crippen LogP contribution in [-0.4, -0.2) is 52.3 Å². The summed E-state index contributed by atoms with van der Waals surface area (Å²) in [6, 6.07) is 2.67. The van der Waals surface area contributed by atoms with E-state index in [0.29, 0.717) is 24.5 Å². The monoisotopic (exact) mass is 347 g/mol. The van der Waals surface area contributed by atoms with E-state index in [1.807, 2.05) is 0 Å². The highest BCUT2D eigenvalue weighted by Crippen LogP contribution is 2.33. The second kappa shape index (κ2) is 6.44. The topological polar surface area (TPSA) is 77.7 Å². The highest BCUT2D eigenvalue weighted by molar-refractivity contribution is 5.95. The number of amides is 1. The standard InChI is InChI=1S/C17H18FN3O4/c1-10-11(8-20-25-10)17(22)21-9-14(15-13(21)5-3-7-23-15)24-16-12(18)4-2-6-19-16/h2,4,6,8,13-15H,3,5,7,9H2,1H3/t13-,14-,15+/m1/s1. The molecular weight excluding hydrogens is 329 g/mol. The van der Waals surface area contributed by atoms with Crippen LogP contribution in [0.4, 0.5) is 4.39 Å². The third-order valence-corrected chi connectivity index (χ3v) is 4.71. The molecule has 2 aromatic heterocycles. The van der Waals surface area contributed by atoms with Gasteiger partial charge in [0.05, 0.1) is 18.8 Å². The van der Waals surface area contributed by atoms with Gasteiger partial charge in [0.15, 0.2) is 5.82 Å². The first-order chi connectivity index (χ1) is 12.1. The summed E-state index contributed by atoms with van der Waals surface area (Å²) in [6.45, 7) is 2.59. The Hall–Kier alpha value is -2.48. The Bertz CT molecular complexity index is 781. The molecule has 2 saturated heterocycles. The van der Waals surface area contributed by atoms with Crippen LogP contribution in [0.25, 0.3) is 0 Å². The number of hydrogen-bond donors (Lipinski definition) is 0. The van der Waals surface area contributed by atoms with Gasteiger partial charge in [0.2, 0.25) is 0 Å². The number of pyridine rings is 1. The van der Waals surface area contributed by atoms with Crippen LogP contribution in [0.2, 0.25) is 0 Å². The smallest absolute Gasteiger partial charge is 0.259 e. The van der Waals surface area contributed by atoms with E-state index in [1.165, 1.54) is 24.5 Å². The van der Waals surface area contributed by atoms with Crippen LogP contribution in [-0.2, 0) is 4.74 Å². The van der Waals surface area contributed by atoms with E-state index < -0.39 is 11.9 Å². The van der Waals surface area contributed by atoms with Crippen LogP contribution in [0.1, 0.15) is 29.0 Å². The number of carbonyl (C=O) groups is 1. The maximum Gasteiger partial charge on any atom is 0.259 e. The van der Waals surface area contributed by atoms with Gasteiger partial charge < -0.3 is 18.9 Å². The Labute approximate surface area is 143 Å². The normalized spacial score (nSPS) is 25.7. The Morgan fingerprint density at radius 3 is 3.12 bits per heavy atom. The molecule has 0 saturated carbocycles. The number of ether oxygens (including phenoxy) is 2. The van der Waals surface area contributed by atoms with Gasteiger partial charge >= 0.3 is 0 Å². The fourth-order valence-corrected chi connectivity index (χ4v) is 3.51. The van der Waals surface area contributed by atoms with Crippen molar-refractivity contribution in [2.24, 2.45) is 0 Å². The number of halogens is 1. The fraction of sp³-hybridized carbons (Fsp3) is 0.471. The summed E-state index contributed by atoms with van der Waals surface area (Å²) in [7, 11) is 0. The van der Waals surface area contributed by atoms with Crippen molar-refractivity contribution in [2.45, 2.75) is 38.0 Å². The number of fused-ring (bicyclic) bond motifs is 1. The molecule has 0 bridgehead atoms. The quantitative estimate of drug-likeness (QED) is 0.845. The number of aryl methyl sites for hydroxylation is 1. The van der Waals surface area contributed by atoms with Crippen molar-refractivity contribution in [2.75, 3.05) is 13.2 Å². The third-order valence-electron chi connectivity index (χ3n) is 4.71. The number of rotatable bonds is 3. The third kappa shape index (κ3) is 2.86. The van der Waals surface area contributed by atoms with Crippen molar-refractivity contribution in [3.63, 3.8) is 0 Å². The maximum atomic E-state index is 13.9. The molecule has 7 nitrogen and oxygen atoms in total. The van der Waals surface area contributed by atoms with Gasteiger partial charge in [-0.2, -0.15) is 0 Å². The number of aromatic nitrogens is 2. The predicted molar refractivity (Wildman–Crippen MR) is 83.6 cm³/mol. The highest BCUT2D eigenvalue weighted by atomic mass is 19.1. The van der Waals surface area contributed by atoms with E-state index in [9.17, 15) is 9.18 Å². The molecule has 4 rings (SSSR count). The van der Waals surface area contributed by atoms with E-state index in [1.54, 1.807) is 11.8 Å². The van der Waals surface area contributed by atoms with Gasteiger partial charge in [-0.1, -0.05) is 5.16 Å². The zero-order valence-electron chi connectivity index (χ0n) is 13.7. The zero-order valence-corrected chi connectivity index (χ0v) is 13.7. The van der Waals surface area contributed by atoms with Gasteiger partial charge in [0.1, 0.15) is 23.5 Å². The first-order valence-corrected chi connectivity index (χ1v) is 8.26. The minimum absolute atomic E-state index is 0.0733. The van der Waals surface area contributed by atoms with E-state index in [4.69, 9.17) is 14.0 Å². The number of likely N-dealkylation sites (tertiary alicyclic amines) is 1. The van der Waals surface area contributed by atoms with Gasteiger partial charge in [-0.3, -0.25) is 4.79 Å². The molecule has 4 heterocycles. The second-order valence-electron chi connectivity index (χ2n) is 6.24. The van der Waals surface area contributed by atoms with Crippen molar-refractivity contribution < 1.29 is 23.2 Å². The molecule has 0 aromatic carbocycles. The molecular formula is C17H18FN3O4. The predicted octanol–water partition coefficient (Wildman–Crippen LogP) is 1.97. The molecule has 8 heteroatoms. The molecule has 2 fully saturated rings. The molecule has 0 N–H and O–H groups in total. The summed E-state index contributed by atoms with van der Waals surface area (Å²) in [5, 5.41) is 3.67. The first kappa shape index (κ1) is 16.0.